The van der Waals surface area contributed by atoms with Gasteiger partial charge in [0.15, 0.2) is 0 Å². The van der Waals surface area contributed by atoms with Crippen molar-refractivity contribution in [3.05, 3.63) is 0 Å². The quantitative estimate of drug-likeness (QED) is 0.518. The van der Waals surface area contributed by atoms with Gasteiger partial charge in [0.2, 0.25) is 5.91 Å². The number of nitrogens with two attached hydrogens (primary N) is 1. The Morgan fingerprint density at radius 2 is 2.12 bits per heavy atom. The topological polar surface area (TPSA) is 113 Å². The van der Waals surface area contributed by atoms with E-state index >= 15 is 0 Å². The minimum atomic E-state index is -1.12. The van der Waals surface area contributed by atoms with E-state index in [2.05, 4.69) is 5.32 Å². The minimum Gasteiger partial charge on any atom is -0.480 e. The Morgan fingerprint density at radius 1 is 1.41 bits per heavy atom. The monoisotopic (exact) mass is 244 g/mol. The standard InChI is InChI=1S/C11H20N2O4/c12-8-3-1-2-7(6-8)10(15)13-9(4-5-14)11(16)17/h7-9,14H,1-6,12H2,(H,13,15)(H,16,17)/t7?,8?,9-/m0/s1. The molecule has 17 heavy (non-hydrogen) atoms. The Morgan fingerprint density at radius 3 is 2.65 bits per heavy atom. The summed E-state index contributed by atoms with van der Waals surface area (Å²) in [4.78, 5) is 22.6. The molecule has 1 fully saturated rings. The molecule has 0 bridgehead atoms. The van der Waals surface area contributed by atoms with Crippen molar-refractivity contribution in [1.82, 2.24) is 5.32 Å². The molecule has 1 aliphatic carbocycles. The molecule has 0 spiro atoms. The summed E-state index contributed by atoms with van der Waals surface area (Å²) in [6.45, 7) is -0.262. The number of hydrogen-bond donors (Lipinski definition) is 4. The van der Waals surface area contributed by atoms with Gasteiger partial charge in [-0.3, -0.25) is 4.79 Å². The van der Waals surface area contributed by atoms with Crippen molar-refractivity contribution in [2.75, 3.05) is 6.61 Å². The fourth-order valence-electron chi connectivity index (χ4n) is 2.14. The number of carbonyl (C=O) groups excluding carboxylic acids is 1. The second-order valence-corrected chi connectivity index (χ2v) is 4.54. The molecule has 0 aliphatic heterocycles. The third kappa shape index (κ3) is 4.32. The minimum absolute atomic E-state index is 0.0276. The summed E-state index contributed by atoms with van der Waals surface area (Å²) < 4.78 is 0. The van der Waals surface area contributed by atoms with Gasteiger partial charge in [0.1, 0.15) is 6.04 Å². The summed E-state index contributed by atoms with van der Waals surface area (Å²) in [5.74, 6) is -1.58. The Balaban J connectivity index is 2.48. The zero-order valence-corrected chi connectivity index (χ0v) is 9.76. The van der Waals surface area contributed by atoms with Gasteiger partial charge in [-0.15, -0.1) is 0 Å². The van der Waals surface area contributed by atoms with E-state index in [1.54, 1.807) is 0 Å². The number of hydrogen-bond acceptors (Lipinski definition) is 4. The summed E-state index contributed by atoms with van der Waals surface area (Å²) in [5.41, 5.74) is 5.78. The molecule has 2 unspecified atom stereocenters. The van der Waals surface area contributed by atoms with Gasteiger partial charge < -0.3 is 21.3 Å². The van der Waals surface area contributed by atoms with Crippen molar-refractivity contribution in [2.24, 2.45) is 11.7 Å². The van der Waals surface area contributed by atoms with Gasteiger partial charge in [0.05, 0.1) is 0 Å². The largest absolute Gasteiger partial charge is 0.480 e. The smallest absolute Gasteiger partial charge is 0.326 e. The van der Waals surface area contributed by atoms with Crippen LogP contribution in [0.1, 0.15) is 32.1 Å². The van der Waals surface area contributed by atoms with E-state index in [4.69, 9.17) is 15.9 Å². The summed E-state index contributed by atoms with van der Waals surface area (Å²) >= 11 is 0. The van der Waals surface area contributed by atoms with Crippen LogP contribution in [0.2, 0.25) is 0 Å². The number of aliphatic hydroxyl groups excluding tert-OH is 1. The van der Waals surface area contributed by atoms with E-state index in [0.717, 1.165) is 19.3 Å². The van der Waals surface area contributed by atoms with Crippen LogP contribution >= 0.6 is 0 Å². The highest BCUT2D eigenvalue weighted by Crippen LogP contribution is 2.23. The first-order valence-corrected chi connectivity index (χ1v) is 5.94. The van der Waals surface area contributed by atoms with Gasteiger partial charge in [0, 0.05) is 25.0 Å². The zero-order valence-electron chi connectivity index (χ0n) is 9.76. The van der Waals surface area contributed by atoms with E-state index in [1.807, 2.05) is 0 Å². The lowest BCUT2D eigenvalue weighted by atomic mass is 9.85. The highest BCUT2D eigenvalue weighted by molar-refractivity contribution is 5.85. The average Bonchev–Trinajstić information content (AvgIpc) is 2.28. The Labute approximate surface area is 100 Å². The maximum Gasteiger partial charge on any atom is 0.326 e. The average molecular weight is 244 g/mol. The number of rotatable bonds is 5. The molecule has 0 radical (unpaired) electrons. The molecule has 5 N–H and O–H groups in total. The van der Waals surface area contributed by atoms with Crippen LogP contribution in [0.5, 0.6) is 0 Å². The molecule has 1 rings (SSSR count). The SMILES string of the molecule is NC1CCCC(C(=O)N[C@@H](CCO)C(=O)O)C1. The molecule has 1 saturated carbocycles. The van der Waals surface area contributed by atoms with E-state index in [9.17, 15) is 9.59 Å². The van der Waals surface area contributed by atoms with Crippen LogP contribution in [0.3, 0.4) is 0 Å². The van der Waals surface area contributed by atoms with Gasteiger partial charge in [-0.05, 0) is 19.3 Å². The zero-order chi connectivity index (χ0) is 12.8. The van der Waals surface area contributed by atoms with E-state index in [1.165, 1.54) is 0 Å². The molecule has 0 saturated heterocycles. The van der Waals surface area contributed by atoms with Crippen LogP contribution in [0.4, 0.5) is 0 Å². The second kappa shape index (κ2) is 6.56. The van der Waals surface area contributed by atoms with Gasteiger partial charge >= 0.3 is 5.97 Å². The number of aliphatic hydroxyl groups is 1. The molecule has 0 aromatic heterocycles. The number of carbonyl (C=O) groups is 2. The molecule has 6 nitrogen and oxygen atoms in total. The van der Waals surface area contributed by atoms with Crippen LogP contribution in [0.15, 0.2) is 0 Å². The Kier molecular flexibility index (Phi) is 5.37. The molecule has 1 amide bonds. The maximum absolute atomic E-state index is 11.8. The third-order valence-corrected chi connectivity index (χ3v) is 3.12. The lowest BCUT2D eigenvalue weighted by Gasteiger charge is -2.26. The second-order valence-electron chi connectivity index (χ2n) is 4.54. The molecule has 3 atom stereocenters. The molecule has 0 aromatic carbocycles. The fourth-order valence-corrected chi connectivity index (χ4v) is 2.14. The van der Waals surface area contributed by atoms with Crippen molar-refractivity contribution < 1.29 is 19.8 Å². The van der Waals surface area contributed by atoms with Crippen molar-refractivity contribution >= 4 is 11.9 Å². The molecular formula is C11H20N2O4. The molecular weight excluding hydrogens is 224 g/mol. The lowest BCUT2D eigenvalue weighted by molar-refractivity contribution is -0.143. The van der Waals surface area contributed by atoms with E-state index < -0.39 is 12.0 Å². The summed E-state index contributed by atoms with van der Waals surface area (Å²) in [6, 6.07) is -0.980. The number of carboxylic acid groups (broad SMARTS) is 1. The Hall–Kier alpha value is -1.14. The van der Waals surface area contributed by atoms with Crippen molar-refractivity contribution in [3.63, 3.8) is 0 Å². The number of nitrogens with one attached hydrogen (secondary N) is 1. The lowest BCUT2D eigenvalue weighted by Crippen LogP contribution is -2.46. The first-order chi connectivity index (χ1) is 8.04. The first-order valence-electron chi connectivity index (χ1n) is 5.94. The predicted molar refractivity (Wildman–Crippen MR) is 61.2 cm³/mol. The van der Waals surface area contributed by atoms with E-state index in [-0.39, 0.29) is 30.9 Å². The van der Waals surface area contributed by atoms with Crippen molar-refractivity contribution in [1.29, 1.82) is 0 Å². The fraction of sp³-hybridized carbons (Fsp3) is 0.818. The highest BCUT2D eigenvalue weighted by Gasteiger charge is 2.28. The van der Waals surface area contributed by atoms with Gasteiger partial charge in [-0.1, -0.05) is 6.42 Å². The van der Waals surface area contributed by atoms with Crippen molar-refractivity contribution in [2.45, 2.75) is 44.2 Å². The van der Waals surface area contributed by atoms with Gasteiger partial charge in [-0.2, -0.15) is 0 Å². The predicted octanol–water partition coefficient (Wildman–Crippen LogP) is -0.544. The third-order valence-electron chi connectivity index (χ3n) is 3.12. The highest BCUT2D eigenvalue weighted by atomic mass is 16.4. The normalized spacial score (nSPS) is 26.2. The van der Waals surface area contributed by atoms with E-state index in [0.29, 0.717) is 6.42 Å². The molecule has 0 heterocycles. The molecule has 98 valence electrons. The first kappa shape index (κ1) is 13.9. The molecule has 1 aliphatic rings. The van der Waals surface area contributed by atoms with Crippen LogP contribution in [-0.2, 0) is 9.59 Å². The van der Waals surface area contributed by atoms with Crippen LogP contribution in [-0.4, -0.2) is 40.8 Å². The number of carboxylic acids is 1. The molecule has 6 heteroatoms. The van der Waals surface area contributed by atoms with Gasteiger partial charge in [-0.25, -0.2) is 4.79 Å². The maximum atomic E-state index is 11.8. The summed E-state index contributed by atoms with van der Waals surface area (Å²) in [5, 5.41) is 20.0. The Bertz CT molecular complexity index is 283. The van der Waals surface area contributed by atoms with Crippen LogP contribution in [0, 0.1) is 5.92 Å². The molecule has 0 aromatic rings. The number of aliphatic carboxylic acids is 1. The summed E-state index contributed by atoms with van der Waals surface area (Å²) in [7, 11) is 0. The van der Waals surface area contributed by atoms with Crippen LogP contribution in [0.25, 0.3) is 0 Å². The number of amides is 1. The van der Waals surface area contributed by atoms with Crippen LogP contribution < -0.4 is 11.1 Å². The van der Waals surface area contributed by atoms with Gasteiger partial charge in [0.25, 0.3) is 0 Å². The van der Waals surface area contributed by atoms with Crippen molar-refractivity contribution in [3.8, 4) is 0 Å². The summed E-state index contributed by atoms with van der Waals surface area (Å²) in [6.07, 6.45) is 3.21.